The molecule has 0 fully saturated rings. The quantitative estimate of drug-likeness (QED) is 0.744. The maximum atomic E-state index is 12.3. The van der Waals surface area contributed by atoms with Gasteiger partial charge in [0.15, 0.2) is 11.5 Å². The summed E-state index contributed by atoms with van der Waals surface area (Å²) in [6, 6.07) is 10.1. The molecule has 106 valence electrons. The number of aryl methyl sites for hydroxylation is 1. The standard InChI is InChI=1S/C15H10Cl2N2O2/c1-8-18-12-7-9(5-6-13(12)21-8)15(20)19-11-4-2-3-10(16)14(11)17/h2-7H,1H3,(H,19,20). The fourth-order valence-corrected chi connectivity index (χ4v) is 2.33. The summed E-state index contributed by atoms with van der Waals surface area (Å²) in [7, 11) is 0. The Labute approximate surface area is 130 Å². The fraction of sp³-hybridized carbons (Fsp3) is 0.0667. The van der Waals surface area contributed by atoms with Crippen LogP contribution in [0.25, 0.3) is 11.1 Å². The largest absolute Gasteiger partial charge is 0.441 e. The average molecular weight is 321 g/mol. The van der Waals surface area contributed by atoms with Crippen LogP contribution in [0.4, 0.5) is 5.69 Å². The molecule has 21 heavy (non-hydrogen) atoms. The minimum atomic E-state index is -0.290. The molecule has 2 aromatic carbocycles. The summed E-state index contributed by atoms with van der Waals surface area (Å²) in [5.41, 5.74) is 2.21. The number of hydrogen-bond acceptors (Lipinski definition) is 3. The van der Waals surface area contributed by atoms with Crippen LogP contribution in [0.2, 0.25) is 10.0 Å². The Morgan fingerprint density at radius 2 is 2.05 bits per heavy atom. The Balaban J connectivity index is 1.91. The minimum Gasteiger partial charge on any atom is -0.441 e. The van der Waals surface area contributed by atoms with Crippen LogP contribution in [0.5, 0.6) is 0 Å². The summed E-state index contributed by atoms with van der Waals surface area (Å²) in [6.07, 6.45) is 0. The van der Waals surface area contributed by atoms with Gasteiger partial charge in [0.05, 0.1) is 15.7 Å². The number of carbonyl (C=O) groups is 1. The molecule has 0 aliphatic heterocycles. The van der Waals surface area contributed by atoms with Gasteiger partial charge in [0.25, 0.3) is 5.91 Å². The number of oxazole rings is 1. The molecule has 0 saturated heterocycles. The van der Waals surface area contributed by atoms with Crippen molar-refractivity contribution in [1.82, 2.24) is 4.98 Å². The van der Waals surface area contributed by atoms with E-state index in [-0.39, 0.29) is 5.91 Å². The topological polar surface area (TPSA) is 55.1 Å². The van der Waals surface area contributed by atoms with Crippen molar-refractivity contribution in [2.24, 2.45) is 0 Å². The van der Waals surface area contributed by atoms with Crippen molar-refractivity contribution in [1.29, 1.82) is 0 Å². The van der Waals surface area contributed by atoms with E-state index in [4.69, 9.17) is 27.6 Å². The second-order valence-corrected chi connectivity index (χ2v) is 5.26. The SMILES string of the molecule is Cc1nc2cc(C(=O)Nc3cccc(Cl)c3Cl)ccc2o1. The van der Waals surface area contributed by atoms with Crippen LogP contribution >= 0.6 is 23.2 Å². The first kappa shape index (κ1) is 13.9. The van der Waals surface area contributed by atoms with Gasteiger partial charge in [-0.15, -0.1) is 0 Å². The summed E-state index contributed by atoms with van der Waals surface area (Å²) in [6.45, 7) is 1.76. The average Bonchev–Trinajstić information content (AvgIpc) is 2.82. The number of hydrogen-bond donors (Lipinski definition) is 1. The van der Waals surface area contributed by atoms with Crippen molar-refractivity contribution in [3.8, 4) is 0 Å². The second kappa shape index (κ2) is 5.39. The highest BCUT2D eigenvalue weighted by atomic mass is 35.5. The first-order valence-electron chi connectivity index (χ1n) is 6.17. The zero-order valence-electron chi connectivity index (χ0n) is 11.0. The van der Waals surface area contributed by atoms with Crippen LogP contribution in [0.1, 0.15) is 16.2 Å². The Morgan fingerprint density at radius 1 is 1.24 bits per heavy atom. The molecule has 1 N–H and O–H groups in total. The van der Waals surface area contributed by atoms with Crippen molar-refractivity contribution in [3.63, 3.8) is 0 Å². The number of halogens is 2. The normalized spacial score (nSPS) is 10.8. The number of nitrogens with one attached hydrogen (secondary N) is 1. The number of anilines is 1. The number of benzene rings is 2. The molecule has 3 aromatic rings. The smallest absolute Gasteiger partial charge is 0.255 e. The maximum absolute atomic E-state index is 12.3. The van der Waals surface area contributed by atoms with E-state index in [0.717, 1.165) is 0 Å². The summed E-state index contributed by atoms with van der Waals surface area (Å²) in [4.78, 5) is 16.5. The van der Waals surface area contributed by atoms with Gasteiger partial charge in [0.1, 0.15) is 5.52 Å². The van der Waals surface area contributed by atoms with E-state index in [0.29, 0.717) is 38.3 Å². The molecule has 1 heterocycles. The molecule has 6 heteroatoms. The van der Waals surface area contributed by atoms with E-state index in [1.807, 2.05) is 0 Å². The molecule has 0 aliphatic rings. The van der Waals surface area contributed by atoms with Gasteiger partial charge in [0.2, 0.25) is 0 Å². The highest BCUT2D eigenvalue weighted by Gasteiger charge is 2.12. The lowest BCUT2D eigenvalue weighted by atomic mass is 10.2. The van der Waals surface area contributed by atoms with Crippen LogP contribution in [0.3, 0.4) is 0 Å². The van der Waals surface area contributed by atoms with E-state index >= 15 is 0 Å². The first-order valence-corrected chi connectivity index (χ1v) is 6.93. The van der Waals surface area contributed by atoms with E-state index in [1.54, 1.807) is 43.3 Å². The third-order valence-electron chi connectivity index (χ3n) is 2.96. The van der Waals surface area contributed by atoms with Gasteiger partial charge < -0.3 is 9.73 Å². The molecular weight excluding hydrogens is 311 g/mol. The number of nitrogens with zero attached hydrogens (tertiary/aromatic N) is 1. The summed E-state index contributed by atoms with van der Waals surface area (Å²) in [5, 5.41) is 3.42. The summed E-state index contributed by atoms with van der Waals surface area (Å²) >= 11 is 12.0. The number of amides is 1. The molecule has 4 nitrogen and oxygen atoms in total. The molecule has 0 saturated carbocycles. The van der Waals surface area contributed by atoms with E-state index in [9.17, 15) is 4.79 Å². The predicted molar refractivity (Wildman–Crippen MR) is 83.2 cm³/mol. The molecule has 0 unspecified atom stereocenters. The maximum Gasteiger partial charge on any atom is 0.255 e. The number of fused-ring (bicyclic) bond motifs is 1. The Hall–Kier alpha value is -2.04. The second-order valence-electron chi connectivity index (χ2n) is 4.47. The van der Waals surface area contributed by atoms with E-state index in [2.05, 4.69) is 10.3 Å². The van der Waals surface area contributed by atoms with Gasteiger partial charge in [-0.3, -0.25) is 4.79 Å². The van der Waals surface area contributed by atoms with Gasteiger partial charge in [-0.25, -0.2) is 4.98 Å². The zero-order valence-corrected chi connectivity index (χ0v) is 12.5. The molecule has 0 bridgehead atoms. The van der Waals surface area contributed by atoms with Crippen molar-refractivity contribution >= 4 is 45.9 Å². The van der Waals surface area contributed by atoms with Crippen LogP contribution in [0.15, 0.2) is 40.8 Å². The minimum absolute atomic E-state index is 0.290. The fourth-order valence-electron chi connectivity index (χ4n) is 1.98. The first-order chi connectivity index (χ1) is 10.0. The summed E-state index contributed by atoms with van der Waals surface area (Å²) in [5.74, 6) is 0.266. The number of rotatable bonds is 2. The lowest BCUT2D eigenvalue weighted by Gasteiger charge is -2.08. The molecule has 0 spiro atoms. The van der Waals surface area contributed by atoms with Crippen LogP contribution in [-0.4, -0.2) is 10.9 Å². The van der Waals surface area contributed by atoms with Gasteiger partial charge >= 0.3 is 0 Å². The monoisotopic (exact) mass is 320 g/mol. The van der Waals surface area contributed by atoms with Crippen LogP contribution < -0.4 is 5.32 Å². The highest BCUT2D eigenvalue weighted by molar-refractivity contribution is 6.44. The molecule has 1 aromatic heterocycles. The molecular formula is C15H10Cl2N2O2. The van der Waals surface area contributed by atoms with Crippen LogP contribution in [-0.2, 0) is 0 Å². The lowest BCUT2D eigenvalue weighted by molar-refractivity contribution is 0.102. The van der Waals surface area contributed by atoms with Gasteiger partial charge in [-0.05, 0) is 30.3 Å². The van der Waals surface area contributed by atoms with Crippen LogP contribution in [0, 0.1) is 6.92 Å². The zero-order chi connectivity index (χ0) is 15.0. The number of aromatic nitrogens is 1. The molecule has 0 radical (unpaired) electrons. The molecule has 1 amide bonds. The third kappa shape index (κ3) is 2.73. The summed E-state index contributed by atoms with van der Waals surface area (Å²) < 4.78 is 5.37. The predicted octanol–water partition coefficient (Wildman–Crippen LogP) is 4.70. The van der Waals surface area contributed by atoms with E-state index in [1.165, 1.54) is 0 Å². The van der Waals surface area contributed by atoms with Crippen molar-refractivity contribution in [2.45, 2.75) is 6.92 Å². The Morgan fingerprint density at radius 3 is 2.86 bits per heavy atom. The Kier molecular flexibility index (Phi) is 3.57. The third-order valence-corrected chi connectivity index (χ3v) is 3.78. The molecule has 0 aliphatic carbocycles. The highest BCUT2D eigenvalue weighted by Crippen LogP contribution is 2.30. The van der Waals surface area contributed by atoms with Gasteiger partial charge in [0, 0.05) is 12.5 Å². The Bertz CT molecular complexity index is 843. The lowest BCUT2D eigenvalue weighted by Crippen LogP contribution is -2.12. The van der Waals surface area contributed by atoms with Gasteiger partial charge in [-0.1, -0.05) is 29.3 Å². The van der Waals surface area contributed by atoms with Crippen molar-refractivity contribution in [2.75, 3.05) is 5.32 Å². The van der Waals surface area contributed by atoms with Crippen molar-refractivity contribution in [3.05, 3.63) is 57.9 Å². The number of carbonyl (C=O) groups excluding carboxylic acids is 1. The van der Waals surface area contributed by atoms with Gasteiger partial charge in [-0.2, -0.15) is 0 Å². The van der Waals surface area contributed by atoms with Crippen molar-refractivity contribution < 1.29 is 9.21 Å². The van der Waals surface area contributed by atoms with E-state index < -0.39 is 0 Å². The molecule has 3 rings (SSSR count). The molecule has 0 atom stereocenters.